The van der Waals surface area contributed by atoms with Crippen LogP contribution >= 0.6 is 11.8 Å². The first-order valence-electron chi connectivity index (χ1n) is 34.5. The highest BCUT2D eigenvalue weighted by Crippen LogP contribution is 2.36. The number of nitrogens with zero attached hydrogens (tertiary/aromatic N) is 2. The molecular formula is C65H101N13O24S2. The number of benzene rings is 1. The molecular weight excluding hydrogens is 1410 g/mol. The van der Waals surface area contributed by atoms with Gasteiger partial charge >= 0.3 is 5.97 Å². The van der Waals surface area contributed by atoms with Crippen LogP contribution in [-0.4, -0.2) is 295 Å². The number of Topliss-reactive ketones (excluding diaryl/α,β-unsaturated/α-hetero) is 1. The first kappa shape index (κ1) is 85.3. The van der Waals surface area contributed by atoms with Crippen LogP contribution in [0.1, 0.15) is 70.9 Å². The number of carboxylic acid groups (broad SMARTS) is 1. The fourth-order valence-corrected chi connectivity index (χ4v) is 13.6. The number of ketones is 1. The molecule has 1 fully saturated rings. The summed E-state index contributed by atoms with van der Waals surface area (Å²) < 4.78 is 54.5. The number of carbonyl (C=O) groups is 11. The summed E-state index contributed by atoms with van der Waals surface area (Å²) in [5.41, 5.74) is 12.7. The first-order valence-corrected chi connectivity index (χ1v) is 36.9. The van der Waals surface area contributed by atoms with Crippen LogP contribution in [0.15, 0.2) is 29.1 Å². The minimum absolute atomic E-state index is 0.0608. The van der Waals surface area contributed by atoms with Gasteiger partial charge in [-0.25, -0.2) is 0 Å². The number of hydrogen-bond donors (Lipinski definition) is 16. The molecule has 12 atom stereocenters. The Balaban J connectivity index is 1.03. The van der Waals surface area contributed by atoms with E-state index in [1.54, 1.807) is 25.1 Å². The van der Waals surface area contributed by atoms with Crippen molar-refractivity contribution in [2.24, 2.45) is 29.4 Å². The molecule has 0 saturated carbocycles. The maximum absolute atomic E-state index is 15.3. The van der Waals surface area contributed by atoms with Crippen LogP contribution in [0.3, 0.4) is 0 Å². The molecule has 582 valence electrons. The van der Waals surface area contributed by atoms with Crippen molar-refractivity contribution in [3.63, 3.8) is 0 Å². The number of phenolic OH excluding ortho intramolecular Hbond substituents is 1. The zero-order valence-electron chi connectivity index (χ0n) is 58.9. The highest BCUT2D eigenvalue weighted by atomic mass is 32.2. The maximum Gasteiger partial charge on any atom is 0.306 e. The lowest BCUT2D eigenvalue weighted by Gasteiger charge is -2.32. The number of nitrogens with two attached hydrogens (primary N) is 1. The van der Waals surface area contributed by atoms with Crippen LogP contribution in [0.5, 0.6) is 5.75 Å². The molecule has 9 amide bonds. The number of ether oxygens (including phenoxy) is 7. The van der Waals surface area contributed by atoms with Gasteiger partial charge in [-0.2, -0.15) is 11.8 Å². The Kier molecular flexibility index (Phi) is 36.3. The van der Waals surface area contributed by atoms with Crippen molar-refractivity contribution in [2.45, 2.75) is 119 Å². The third kappa shape index (κ3) is 27.3. The predicted molar refractivity (Wildman–Crippen MR) is 371 cm³/mol. The van der Waals surface area contributed by atoms with Crippen molar-refractivity contribution in [3.05, 3.63) is 35.2 Å². The van der Waals surface area contributed by atoms with Crippen LogP contribution in [0.25, 0.3) is 10.9 Å². The molecule has 4 aliphatic rings. The lowest BCUT2D eigenvalue weighted by atomic mass is 9.86. The number of aromatic hydroxyl groups is 1. The lowest BCUT2D eigenvalue weighted by Crippen LogP contribution is -2.62. The van der Waals surface area contributed by atoms with Crippen LogP contribution in [-0.2, 0) is 109 Å². The summed E-state index contributed by atoms with van der Waals surface area (Å²) >= 11 is 1.34. The lowest BCUT2D eigenvalue weighted by molar-refractivity contribution is -0.144. The van der Waals surface area contributed by atoms with Crippen molar-refractivity contribution in [2.75, 3.05) is 143 Å². The third-order valence-corrected chi connectivity index (χ3v) is 19.9. The minimum Gasteiger partial charge on any atom is -0.508 e. The monoisotopic (exact) mass is 1510 g/mol. The van der Waals surface area contributed by atoms with E-state index in [-0.39, 0.29) is 77.3 Å². The Morgan fingerprint density at radius 2 is 1.38 bits per heavy atom. The van der Waals surface area contributed by atoms with Gasteiger partial charge in [-0.05, 0) is 23.6 Å². The fourth-order valence-electron chi connectivity index (χ4n) is 11.4. The molecule has 6 rings (SSSR count). The van der Waals surface area contributed by atoms with Crippen molar-refractivity contribution in [1.82, 2.24) is 63.1 Å². The van der Waals surface area contributed by atoms with Gasteiger partial charge in [0.25, 0.3) is 0 Å². The van der Waals surface area contributed by atoms with Crippen LogP contribution < -0.4 is 53.9 Å². The summed E-state index contributed by atoms with van der Waals surface area (Å²) in [6.45, 7) is 8.77. The van der Waals surface area contributed by atoms with Crippen LogP contribution in [0.4, 0.5) is 0 Å². The van der Waals surface area contributed by atoms with Gasteiger partial charge in [0.1, 0.15) is 41.0 Å². The summed E-state index contributed by atoms with van der Waals surface area (Å²) in [6.07, 6.45) is -3.31. The number of hydrazine groups is 2. The first-order chi connectivity index (χ1) is 49.8. The van der Waals surface area contributed by atoms with Gasteiger partial charge in [-0.1, -0.05) is 34.1 Å². The molecule has 0 radical (unpaired) electrons. The number of hydrogen-bond acceptors (Lipinski definition) is 27. The minimum atomic E-state index is -2.48. The molecule has 37 nitrogen and oxygen atoms in total. The Morgan fingerprint density at radius 1 is 0.760 bits per heavy atom. The molecule has 1 aromatic heterocycles. The molecule has 39 heteroatoms. The van der Waals surface area contributed by atoms with Crippen LogP contribution in [0.2, 0.25) is 0 Å². The van der Waals surface area contributed by atoms with Gasteiger partial charge in [0.2, 0.25) is 53.2 Å². The van der Waals surface area contributed by atoms with E-state index in [1.807, 2.05) is 0 Å². The number of nitrogens with one attached hydrogen (secondary N) is 10. The van der Waals surface area contributed by atoms with E-state index in [2.05, 4.69) is 53.2 Å². The average molecular weight is 1510 g/mol. The number of aliphatic hydroxyl groups excluding tert-OH is 3. The number of carbonyl (C=O) groups excluding carboxylic acids is 10. The zero-order valence-corrected chi connectivity index (χ0v) is 60.5. The molecule has 2 bridgehead atoms. The molecule has 0 spiro atoms. The number of aromatic amines is 1. The van der Waals surface area contributed by atoms with E-state index in [9.17, 15) is 73.2 Å². The molecule has 17 N–H and O–H groups in total. The van der Waals surface area contributed by atoms with E-state index in [1.165, 1.54) is 37.7 Å². The van der Waals surface area contributed by atoms with Gasteiger partial charge in [-0.3, -0.25) is 62.0 Å². The molecule has 2 unspecified atom stereocenters. The highest BCUT2D eigenvalue weighted by molar-refractivity contribution is 7.98. The van der Waals surface area contributed by atoms with Gasteiger partial charge in [0.05, 0.1) is 178 Å². The number of fused-ring (bicyclic) bond motifs is 5. The zero-order chi connectivity index (χ0) is 75.8. The van der Waals surface area contributed by atoms with Crippen molar-refractivity contribution < 1.29 is 116 Å². The number of amides is 9. The van der Waals surface area contributed by atoms with Gasteiger partial charge in [-0.15, -0.1) is 5.53 Å². The summed E-state index contributed by atoms with van der Waals surface area (Å²) in [5.74, 6) is -14.5. The normalized spacial score (nSPS) is 23.1. The molecule has 2 aromatic rings. The molecule has 4 aliphatic heterocycles. The Morgan fingerprint density at radius 3 is 1.98 bits per heavy atom. The van der Waals surface area contributed by atoms with E-state index < -0.39 is 194 Å². The Labute approximate surface area is 607 Å². The van der Waals surface area contributed by atoms with Gasteiger partial charge in [0, 0.05) is 72.7 Å². The SMILES string of the molecule is CC[C@H](C)[C@@H]1CC(=O)CNC(=O)[C@@H]2Cc3c([nH]c4c(CSCCOCCOCCOCCOCCOCCOCCOCCN5C=C(CNC(=O)CC(C)C(=O)O)NN5)c(O)ccc34)S(=O)C[C@@H](NC(=O)CNC1=O)C(=O)N[C@@H](CC(N)=O)C(=O)N1C[C@H](O)C[C@H]1C(=O)N[C@@H]([C@@H](C)[C@@H](O)CO)C(=O)N2. The molecule has 104 heavy (non-hydrogen) atoms. The van der Waals surface area contributed by atoms with Crippen molar-refractivity contribution in [3.8, 4) is 5.75 Å². The van der Waals surface area contributed by atoms with Crippen LogP contribution in [0, 0.1) is 23.7 Å². The number of rotatable bonds is 38. The number of primary amides is 1. The number of aromatic nitrogens is 1. The quantitative estimate of drug-likeness (QED) is 0.0280. The summed E-state index contributed by atoms with van der Waals surface area (Å²) in [4.78, 5) is 154. The molecule has 0 aliphatic carbocycles. The number of carboxylic acids is 1. The summed E-state index contributed by atoms with van der Waals surface area (Å²) in [6, 6.07) is -6.14. The Hall–Kier alpha value is -7.67. The smallest absolute Gasteiger partial charge is 0.306 e. The predicted octanol–water partition coefficient (Wildman–Crippen LogP) is -5.09. The second-order valence-electron chi connectivity index (χ2n) is 25.4. The van der Waals surface area contributed by atoms with Crippen molar-refractivity contribution >= 4 is 98.4 Å². The number of thioether (sulfide) groups is 1. The second kappa shape index (κ2) is 44.3. The van der Waals surface area contributed by atoms with Crippen molar-refractivity contribution in [1.29, 1.82) is 0 Å². The van der Waals surface area contributed by atoms with E-state index in [0.29, 0.717) is 97.1 Å². The largest absolute Gasteiger partial charge is 0.508 e. The highest BCUT2D eigenvalue weighted by Gasteiger charge is 2.45. The number of aliphatic hydroxyl groups is 3. The van der Waals surface area contributed by atoms with E-state index in [4.69, 9.17) is 44.0 Å². The number of aliphatic carboxylic acids is 1. The Bertz CT molecular complexity index is 3300. The third-order valence-electron chi connectivity index (χ3n) is 17.5. The standard InChI is InChI=1S/C65H101N13O24S2/c1-5-37(2)44-25-41(80)30-68-59(88)47-27-45-43-6-7-51(82)46(35-103-23-22-102-21-20-101-19-18-100-17-16-99-15-14-98-13-12-97-11-10-96-9-8-77-32-40(75-76-77)29-67-54(85)24-38(3)65(93)94)57(43)74-63(45)104(95)36-49(70-55(86)31-69-58(44)87)60(89)72-48(28-53(66)84)64(92)78-33-42(81)26-50(78)61(90)73-56(62(91)71-47)39(4)52(83)34-79/h6-7,32,37-39,42,44,47-50,52,56,74-76,79,81-83H,5,8-31,33-36H2,1-4H3,(H2,66,84)(H,67,85)(H,68,88)(H,69,87)(H,70,86)(H,71,91)(H,72,89)(H,73,90)(H,93,94)/t37-,38?,39-,42+,44-,47-,48-,49+,50-,52-,56-,104?/m0/s1. The van der Waals surface area contributed by atoms with Gasteiger partial charge < -0.3 is 117 Å². The molecule has 1 saturated heterocycles. The second-order valence-corrected chi connectivity index (χ2v) is 27.9. The number of H-pyrrole nitrogens is 1. The summed E-state index contributed by atoms with van der Waals surface area (Å²) in [5, 5.41) is 71.8. The summed E-state index contributed by atoms with van der Waals surface area (Å²) in [7, 11) is -2.48. The van der Waals surface area contributed by atoms with E-state index >= 15 is 4.21 Å². The number of phenols is 1. The van der Waals surface area contributed by atoms with E-state index in [0.717, 1.165) is 4.90 Å². The maximum atomic E-state index is 15.3. The molecule has 5 heterocycles. The topological polar surface area (TPSA) is 527 Å². The molecule has 1 aromatic carbocycles. The average Bonchev–Trinajstić information content (AvgIpc) is 1.61. The van der Waals surface area contributed by atoms with Gasteiger partial charge in [0.15, 0.2) is 5.78 Å². The fraction of sp³-hybridized carbons (Fsp3) is 0.677.